The lowest BCUT2D eigenvalue weighted by Gasteiger charge is -1.79. The van der Waals surface area contributed by atoms with Crippen LogP contribution in [0.2, 0.25) is 0 Å². The lowest BCUT2D eigenvalue weighted by Crippen LogP contribution is -1.96. The fourth-order valence-corrected chi connectivity index (χ4v) is 0.206. The molecule has 6 heteroatoms. The third-order valence-electron chi connectivity index (χ3n) is 0.734. The molecule has 0 unspecified atom stereocenters. The maximum absolute atomic E-state index is 9.88. The first-order valence-electron chi connectivity index (χ1n) is 3.08. The van der Waals surface area contributed by atoms with Crippen molar-refractivity contribution in [1.82, 2.24) is 0 Å². The summed E-state index contributed by atoms with van der Waals surface area (Å²) in [5.41, 5.74) is -0.544. The van der Waals surface area contributed by atoms with Crippen LogP contribution in [-0.2, 0) is 9.59 Å². The summed E-state index contributed by atoms with van der Waals surface area (Å²) in [6, 6.07) is 2.78. The number of nitrogens with zero attached hydrogens (tertiary/aromatic N) is 2. The average Bonchev–Trinajstić information content (AvgIpc) is 2.14. The van der Waals surface area contributed by atoms with E-state index in [4.69, 9.17) is 20.7 Å². The zero-order valence-corrected chi connectivity index (χ0v) is 6.97. The maximum Gasteiger partial charge on any atom is 0.347 e. The van der Waals surface area contributed by atoms with Gasteiger partial charge >= 0.3 is 11.9 Å². The summed E-state index contributed by atoms with van der Waals surface area (Å²) in [4.78, 5) is 19.1. The van der Waals surface area contributed by atoms with Crippen LogP contribution < -0.4 is 0 Å². The van der Waals surface area contributed by atoms with E-state index in [1.807, 2.05) is 0 Å². The molecule has 0 radical (unpaired) electrons. The smallest absolute Gasteiger partial charge is 0.347 e. The van der Waals surface area contributed by atoms with Crippen LogP contribution >= 0.6 is 0 Å². The van der Waals surface area contributed by atoms with Crippen LogP contribution in [0.15, 0.2) is 24.3 Å². The molecule has 0 saturated carbocycles. The largest absolute Gasteiger partial charge is 0.478 e. The van der Waals surface area contributed by atoms with Crippen molar-refractivity contribution in [3.05, 3.63) is 24.3 Å². The molecule has 14 heavy (non-hydrogen) atoms. The number of aliphatic carboxylic acids is 2. The second kappa shape index (κ2) is 8.50. The van der Waals surface area contributed by atoms with Crippen LogP contribution in [0.1, 0.15) is 0 Å². The number of nitriles is 2. The van der Waals surface area contributed by atoms with Crippen LogP contribution in [0, 0.1) is 22.7 Å². The first kappa shape index (κ1) is 14.0. The van der Waals surface area contributed by atoms with Crippen LogP contribution in [0.25, 0.3) is 0 Å². The van der Waals surface area contributed by atoms with E-state index in [9.17, 15) is 9.59 Å². The van der Waals surface area contributed by atoms with Gasteiger partial charge in [0.2, 0.25) is 0 Å². The molecule has 6 nitrogen and oxygen atoms in total. The van der Waals surface area contributed by atoms with Gasteiger partial charge in [0.25, 0.3) is 0 Å². The first-order valence-corrected chi connectivity index (χ1v) is 3.08. The van der Waals surface area contributed by atoms with Crippen molar-refractivity contribution in [3.8, 4) is 12.1 Å². The van der Waals surface area contributed by atoms with E-state index in [-0.39, 0.29) is 0 Å². The van der Waals surface area contributed by atoms with Crippen molar-refractivity contribution in [2.24, 2.45) is 0 Å². The summed E-state index contributed by atoms with van der Waals surface area (Å²) in [6.45, 7) is 2.96. The van der Waals surface area contributed by atoms with Gasteiger partial charge in [0.15, 0.2) is 0 Å². The fraction of sp³-hybridized carbons (Fsp3) is 0. The molecule has 0 amide bonds. The summed E-state index contributed by atoms with van der Waals surface area (Å²) in [7, 11) is 0. The van der Waals surface area contributed by atoms with Gasteiger partial charge in [-0.05, 0) is 0 Å². The van der Waals surface area contributed by atoms with E-state index >= 15 is 0 Å². The SMILES string of the molecule is C=CC(=O)O.N#CC=C(C#N)C(=O)O. The quantitative estimate of drug-likeness (QED) is 0.481. The highest BCUT2D eigenvalue weighted by atomic mass is 16.4. The second-order valence-electron chi connectivity index (χ2n) is 1.65. The molecule has 0 fully saturated rings. The van der Waals surface area contributed by atoms with Crippen LogP contribution in [0.5, 0.6) is 0 Å². The summed E-state index contributed by atoms with van der Waals surface area (Å²) in [6.07, 6.45) is 1.52. The van der Waals surface area contributed by atoms with E-state index in [1.54, 1.807) is 0 Å². The molecule has 0 aromatic rings. The first-order chi connectivity index (χ1) is 6.49. The van der Waals surface area contributed by atoms with E-state index in [1.165, 1.54) is 12.1 Å². The standard InChI is InChI=1S/C5H2N2O2.C3H4O2/c6-2-1-4(3-7)5(8)9;1-2-3(4)5/h1H,(H,8,9);2H,1H2,(H,4,5). The van der Waals surface area contributed by atoms with Gasteiger partial charge in [-0.15, -0.1) is 0 Å². The number of carboxylic acids is 2. The highest BCUT2D eigenvalue weighted by Crippen LogP contribution is 1.88. The third-order valence-corrected chi connectivity index (χ3v) is 0.734. The number of rotatable bonds is 2. The van der Waals surface area contributed by atoms with E-state index < -0.39 is 17.5 Å². The molecular weight excluding hydrogens is 188 g/mol. The zero-order valence-electron chi connectivity index (χ0n) is 6.97. The van der Waals surface area contributed by atoms with Crippen molar-refractivity contribution in [1.29, 1.82) is 10.5 Å². The molecule has 0 bridgehead atoms. The number of carbonyl (C=O) groups is 2. The van der Waals surface area contributed by atoms with E-state index in [0.29, 0.717) is 6.08 Å². The molecular formula is C8H6N2O4. The average molecular weight is 194 g/mol. The Morgan fingerprint density at radius 3 is 1.79 bits per heavy atom. The molecule has 0 aromatic heterocycles. The zero-order chi connectivity index (χ0) is 11.6. The van der Waals surface area contributed by atoms with Crippen molar-refractivity contribution < 1.29 is 19.8 Å². The highest BCUT2D eigenvalue weighted by Gasteiger charge is 2.02. The monoisotopic (exact) mass is 194 g/mol. The Labute approximate surface area is 79.6 Å². The minimum Gasteiger partial charge on any atom is -0.478 e. The number of allylic oxidation sites excluding steroid dienone is 1. The minimum atomic E-state index is -1.38. The molecule has 2 N–H and O–H groups in total. The molecule has 0 aliphatic rings. The molecule has 0 atom stereocenters. The van der Waals surface area contributed by atoms with Crippen molar-refractivity contribution in [2.75, 3.05) is 0 Å². The van der Waals surface area contributed by atoms with Gasteiger partial charge in [0.05, 0.1) is 6.07 Å². The molecule has 0 heterocycles. The molecule has 72 valence electrons. The van der Waals surface area contributed by atoms with Crippen molar-refractivity contribution in [2.45, 2.75) is 0 Å². The number of carboxylic acid groups (broad SMARTS) is 2. The van der Waals surface area contributed by atoms with Crippen molar-refractivity contribution in [3.63, 3.8) is 0 Å². The predicted octanol–water partition coefficient (Wildman–Crippen LogP) is 0.302. The third kappa shape index (κ3) is 9.40. The lowest BCUT2D eigenvalue weighted by molar-refractivity contribution is -0.132. The Hall–Kier alpha value is -2.60. The molecule has 0 aliphatic heterocycles. The summed E-state index contributed by atoms with van der Waals surface area (Å²) >= 11 is 0. The Morgan fingerprint density at radius 1 is 1.29 bits per heavy atom. The van der Waals surface area contributed by atoms with E-state index in [0.717, 1.165) is 6.08 Å². The molecule has 0 aromatic carbocycles. The van der Waals surface area contributed by atoms with Gasteiger partial charge in [0.1, 0.15) is 11.6 Å². The topological polar surface area (TPSA) is 122 Å². The highest BCUT2D eigenvalue weighted by molar-refractivity contribution is 5.91. The fourth-order valence-electron chi connectivity index (χ4n) is 0.206. The normalized spacial score (nSPS) is 8.29. The molecule has 0 aliphatic carbocycles. The lowest BCUT2D eigenvalue weighted by atomic mass is 10.3. The van der Waals surface area contributed by atoms with Gasteiger partial charge in [-0.1, -0.05) is 6.58 Å². The summed E-state index contributed by atoms with van der Waals surface area (Å²) in [5.74, 6) is -2.36. The Kier molecular flexibility index (Phi) is 8.47. The Morgan fingerprint density at radius 2 is 1.71 bits per heavy atom. The van der Waals surface area contributed by atoms with Crippen LogP contribution in [0.4, 0.5) is 0 Å². The summed E-state index contributed by atoms with van der Waals surface area (Å²) in [5, 5.41) is 31.5. The second-order valence-corrected chi connectivity index (χ2v) is 1.65. The van der Waals surface area contributed by atoms with Gasteiger partial charge in [0, 0.05) is 12.2 Å². The number of hydrogen-bond donors (Lipinski definition) is 2. The van der Waals surface area contributed by atoms with Gasteiger partial charge in [-0.2, -0.15) is 10.5 Å². The molecule has 0 rings (SSSR count). The van der Waals surface area contributed by atoms with E-state index in [2.05, 4.69) is 6.58 Å². The maximum atomic E-state index is 9.88. The van der Waals surface area contributed by atoms with Gasteiger partial charge in [-0.3, -0.25) is 0 Å². The molecule has 0 saturated heterocycles. The van der Waals surface area contributed by atoms with Gasteiger partial charge < -0.3 is 10.2 Å². The van der Waals surface area contributed by atoms with Crippen LogP contribution in [-0.4, -0.2) is 22.2 Å². The predicted molar refractivity (Wildman–Crippen MR) is 44.8 cm³/mol. The molecule has 0 spiro atoms. The minimum absolute atomic E-state index is 0.544. The Balaban J connectivity index is 0. The number of hydrogen-bond acceptors (Lipinski definition) is 4. The van der Waals surface area contributed by atoms with Gasteiger partial charge in [-0.25, -0.2) is 9.59 Å². The van der Waals surface area contributed by atoms with Crippen LogP contribution in [0.3, 0.4) is 0 Å². The van der Waals surface area contributed by atoms with Crippen molar-refractivity contribution >= 4 is 11.9 Å². The Bertz CT molecular complexity index is 343. The summed E-state index contributed by atoms with van der Waals surface area (Å²) < 4.78 is 0.